The molecule has 0 aliphatic carbocycles. The number of nitrogens with zero attached hydrogens (tertiary/aromatic N) is 1. The first-order valence-electron chi connectivity index (χ1n) is 4.81. The van der Waals surface area contributed by atoms with Gasteiger partial charge in [0.15, 0.2) is 0 Å². The second-order valence-electron chi connectivity index (χ2n) is 3.29. The molecule has 0 saturated heterocycles. The number of benzene rings is 1. The van der Waals surface area contributed by atoms with Crippen molar-refractivity contribution in [1.82, 2.24) is 4.98 Å². The van der Waals surface area contributed by atoms with Crippen molar-refractivity contribution in [2.24, 2.45) is 0 Å². The van der Waals surface area contributed by atoms with Gasteiger partial charge < -0.3 is 10.8 Å². The van der Waals surface area contributed by atoms with Crippen LogP contribution in [0.15, 0.2) is 40.2 Å². The standard InChI is InChI=1S/C11H12N2OS2/c12-9-3-1-2-8(6-9)10(14)7-16-11-13-4-5-15-11/h1-6,10,14H,7,12H2. The van der Waals surface area contributed by atoms with Gasteiger partial charge in [0.1, 0.15) is 4.34 Å². The van der Waals surface area contributed by atoms with Gasteiger partial charge in [-0.2, -0.15) is 0 Å². The number of aromatic nitrogens is 1. The van der Waals surface area contributed by atoms with E-state index in [-0.39, 0.29) is 0 Å². The van der Waals surface area contributed by atoms with E-state index in [1.54, 1.807) is 35.4 Å². The fourth-order valence-corrected chi connectivity index (χ4v) is 2.93. The van der Waals surface area contributed by atoms with E-state index in [4.69, 9.17) is 5.73 Å². The minimum atomic E-state index is -0.502. The van der Waals surface area contributed by atoms with Gasteiger partial charge in [0.25, 0.3) is 0 Å². The highest BCUT2D eigenvalue weighted by Crippen LogP contribution is 2.26. The third kappa shape index (κ3) is 2.98. The zero-order valence-electron chi connectivity index (χ0n) is 8.54. The SMILES string of the molecule is Nc1cccc(C(O)CSc2nccs2)c1. The number of hydrogen-bond donors (Lipinski definition) is 2. The Hall–Kier alpha value is -1.04. The van der Waals surface area contributed by atoms with E-state index in [1.165, 1.54) is 0 Å². The molecule has 1 atom stereocenters. The summed E-state index contributed by atoms with van der Waals surface area (Å²) in [5.74, 6) is 0.594. The van der Waals surface area contributed by atoms with E-state index in [2.05, 4.69) is 4.98 Å². The molecule has 1 aromatic heterocycles. The summed E-state index contributed by atoms with van der Waals surface area (Å²) in [6, 6.07) is 7.34. The molecule has 1 heterocycles. The predicted octanol–water partition coefficient (Wildman–Crippen LogP) is 2.55. The molecule has 16 heavy (non-hydrogen) atoms. The highest BCUT2D eigenvalue weighted by atomic mass is 32.2. The van der Waals surface area contributed by atoms with Crippen LogP contribution < -0.4 is 5.73 Å². The molecule has 0 aliphatic rings. The molecule has 0 bridgehead atoms. The molecule has 0 radical (unpaired) electrons. The van der Waals surface area contributed by atoms with Gasteiger partial charge in [-0.3, -0.25) is 0 Å². The predicted molar refractivity (Wildman–Crippen MR) is 68.7 cm³/mol. The second-order valence-corrected chi connectivity index (χ2v) is 5.46. The monoisotopic (exact) mass is 252 g/mol. The number of aliphatic hydroxyl groups is 1. The molecule has 84 valence electrons. The number of hydrogen-bond acceptors (Lipinski definition) is 5. The Morgan fingerprint density at radius 2 is 2.38 bits per heavy atom. The third-order valence-electron chi connectivity index (χ3n) is 2.07. The number of nitrogens with two attached hydrogens (primary N) is 1. The van der Waals surface area contributed by atoms with Gasteiger partial charge in [-0.15, -0.1) is 11.3 Å². The largest absolute Gasteiger partial charge is 0.399 e. The summed E-state index contributed by atoms with van der Waals surface area (Å²) < 4.78 is 0.975. The fraction of sp³-hybridized carbons (Fsp3) is 0.182. The second kappa shape index (κ2) is 5.34. The molecule has 1 aromatic carbocycles. The van der Waals surface area contributed by atoms with E-state index < -0.39 is 6.10 Å². The molecule has 2 aromatic rings. The van der Waals surface area contributed by atoms with Crippen LogP contribution >= 0.6 is 23.1 Å². The van der Waals surface area contributed by atoms with Crippen LogP contribution in [0.25, 0.3) is 0 Å². The molecule has 1 unspecified atom stereocenters. The van der Waals surface area contributed by atoms with Crippen molar-refractivity contribution < 1.29 is 5.11 Å². The Morgan fingerprint density at radius 1 is 1.50 bits per heavy atom. The fourth-order valence-electron chi connectivity index (χ4n) is 1.29. The van der Waals surface area contributed by atoms with Crippen LogP contribution in [-0.2, 0) is 0 Å². The summed E-state index contributed by atoms with van der Waals surface area (Å²) in [4.78, 5) is 4.15. The maximum absolute atomic E-state index is 9.94. The van der Waals surface area contributed by atoms with Crippen molar-refractivity contribution in [3.05, 3.63) is 41.4 Å². The van der Waals surface area contributed by atoms with Crippen LogP contribution in [0, 0.1) is 0 Å². The van der Waals surface area contributed by atoms with Gasteiger partial charge in [-0.25, -0.2) is 4.98 Å². The van der Waals surface area contributed by atoms with Gasteiger partial charge in [-0.05, 0) is 17.7 Å². The molecule has 0 saturated carbocycles. The lowest BCUT2D eigenvalue weighted by molar-refractivity contribution is 0.204. The van der Waals surface area contributed by atoms with Crippen LogP contribution in [0.3, 0.4) is 0 Å². The highest BCUT2D eigenvalue weighted by molar-refractivity contribution is 8.01. The quantitative estimate of drug-likeness (QED) is 0.648. The number of thiazole rings is 1. The summed E-state index contributed by atoms with van der Waals surface area (Å²) in [5.41, 5.74) is 7.19. The van der Waals surface area contributed by atoms with E-state index in [0.717, 1.165) is 9.90 Å². The number of thioether (sulfide) groups is 1. The lowest BCUT2D eigenvalue weighted by Crippen LogP contribution is -2.01. The maximum atomic E-state index is 9.94. The van der Waals surface area contributed by atoms with Crippen molar-refractivity contribution in [1.29, 1.82) is 0 Å². The lowest BCUT2D eigenvalue weighted by Gasteiger charge is -2.09. The highest BCUT2D eigenvalue weighted by Gasteiger charge is 2.09. The van der Waals surface area contributed by atoms with Gasteiger partial charge in [0.05, 0.1) is 6.10 Å². The average Bonchev–Trinajstić information content (AvgIpc) is 2.78. The molecule has 0 fully saturated rings. The van der Waals surface area contributed by atoms with Crippen molar-refractivity contribution in [2.45, 2.75) is 10.4 Å². The van der Waals surface area contributed by atoms with Crippen LogP contribution in [0.2, 0.25) is 0 Å². The van der Waals surface area contributed by atoms with Gasteiger partial charge in [0, 0.05) is 23.0 Å². The number of nitrogen functional groups attached to an aromatic ring is 1. The molecule has 0 spiro atoms. The molecule has 0 amide bonds. The Bertz CT molecular complexity index is 445. The Balaban J connectivity index is 1.95. The number of anilines is 1. The molecule has 2 rings (SSSR count). The van der Waals surface area contributed by atoms with Crippen molar-refractivity contribution in [3.63, 3.8) is 0 Å². The van der Waals surface area contributed by atoms with Crippen LogP contribution in [-0.4, -0.2) is 15.8 Å². The maximum Gasteiger partial charge on any atom is 0.149 e. The minimum absolute atomic E-state index is 0.502. The zero-order chi connectivity index (χ0) is 11.4. The van der Waals surface area contributed by atoms with Crippen molar-refractivity contribution >= 4 is 28.8 Å². The topological polar surface area (TPSA) is 59.1 Å². The minimum Gasteiger partial charge on any atom is -0.399 e. The number of rotatable bonds is 4. The summed E-state index contributed by atoms with van der Waals surface area (Å²) >= 11 is 3.13. The molecule has 3 nitrogen and oxygen atoms in total. The van der Waals surface area contributed by atoms with Gasteiger partial charge in [-0.1, -0.05) is 23.9 Å². The molecule has 3 N–H and O–H groups in total. The summed E-state index contributed by atoms with van der Waals surface area (Å²) in [5, 5.41) is 11.9. The summed E-state index contributed by atoms with van der Waals surface area (Å²) in [6.45, 7) is 0. The first kappa shape index (κ1) is 11.4. The summed E-state index contributed by atoms with van der Waals surface area (Å²) in [6.07, 6.45) is 1.26. The van der Waals surface area contributed by atoms with Gasteiger partial charge in [0.2, 0.25) is 0 Å². The van der Waals surface area contributed by atoms with E-state index in [9.17, 15) is 5.11 Å². The van der Waals surface area contributed by atoms with Crippen LogP contribution in [0.1, 0.15) is 11.7 Å². The Labute approximate surface area is 102 Å². The van der Waals surface area contributed by atoms with E-state index >= 15 is 0 Å². The average molecular weight is 252 g/mol. The van der Waals surface area contributed by atoms with Gasteiger partial charge >= 0.3 is 0 Å². The molecule has 5 heteroatoms. The molecule has 0 aliphatic heterocycles. The first-order valence-corrected chi connectivity index (χ1v) is 6.68. The Kier molecular flexibility index (Phi) is 3.82. The van der Waals surface area contributed by atoms with E-state index in [1.807, 2.05) is 23.6 Å². The number of aliphatic hydroxyl groups excluding tert-OH is 1. The zero-order valence-corrected chi connectivity index (χ0v) is 10.2. The van der Waals surface area contributed by atoms with Crippen molar-refractivity contribution in [2.75, 3.05) is 11.5 Å². The summed E-state index contributed by atoms with van der Waals surface area (Å²) in [7, 11) is 0. The molecular formula is C11H12N2OS2. The Morgan fingerprint density at radius 3 is 3.06 bits per heavy atom. The van der Waals surface area contributed by atoms with Crippen LogP contribution in [0.4, 0.5) is 5.69 Å². The smallest absolute Gasteiger partial charge is 0.149 e. The normalized spacial score (nSPS) is 12.6. The van der Waals surface area contributed by atoms with Crippen LogP contribution in [0.5, 0.6) is 0 Å². The van der Waals surface area contributed by atoms with E-state index in [0.29, 0.717) is 11.4 Å². The molecular weight excluding hydrogens is 240 g/mol. The lowest BCUT2D eigenvalue weighted by atomic mass is 10.1. The van der Waals surface area contributed by atoms with Crippen molar-refractivity contribution in [3.8, 4) is 0 Å². The first-order chi connectivity index (χ1) is 7.75. The third-order valence-corrected chi connectivity index (χ3v) is 4.11.